The highest BCUT2D eigenvalue weighted by molar-refractivity contribution is 4.91. The molecule has 0 radical (unpaired) electrons. The van der Waals surface area contributed by atoms with Crippen molar-refractivity contribution in [1.29, 1.82) is 0 Å². The summed E-state index contributed by atoms with van der Waals surface area (Å²) in [5.74, 6) is 0. The van der Waals surface area contributed by atoms with Crippen LogP contribution in [0.4, 0.5) is 13.2 Å². The maximum absolute atomic E-state index is 12.1. The fourth-order valence-electron chi connectivity index (χ4n) is 2.39. The quantitative estimate of drug-likeness (QED) is 0.772. The molecule has 0 saturated heterocycles. The maximum Gasteiger partial charge on any atom is 0.390 e. The lowest BCUT2D eigenvalue weighted by Gasteiger charge is -2.31. The number of hydrogen-bond donors (Lipinski definition) is 1. The molecular formula is C11H20F3N. The van der Waals surface area contributed by atoms with Crippen LogP contribution in [0.2, 0.25) is 0 Å². The summed E-state index contributed by atoms with van der Waals surface area (Å²) < 4.78 is 36.4. The number of alkyl halides is 3. The minimum atomic E-state index is -4.06. The Balaban J connectivity index is 2.41. The smallest absolute Gasteiger partial charge is 0.311 e. The van der Waals surface area contributed by atoms with Crippen LogP contribution >= 0.6 is 0 Å². The molecule has 0 aliphatic heterocycles. The van der Waals surface area contributed by atoms with Gasteiger partial charge in [-0.2, -0.15) is 13.2 Å². The van der Waals surface area contributed by atoms with Crippen LogP contribution in [0.5, 0.6) is 0 Å². The van der Waals surface area contributed by atoms with Crippen molar-refractivity contribution in [2.24, 2.45) is 5.41 Å². The van der Waals surface area contributed by atoms with E-state index < -0.39 is 18.6 Å². The molecule has 1 fully saturated rings. The zero-order valence-corrected chi connectivity index (χ0v) is 9.62. The maximum atomic E-state index is 12.1. The molecule has 2 unspecified atom stereocenters. The predicted octanol–water partition coefficient (Wildman–Crippen LogP) is 3.50. The van der Waals surface area contributed by atoms with E-state index in [-0.39, 0.29) is 11.5 Å². The zero-order chi connectivity index (χ0) is 11.7. The van der Waals surface area contributed by atoms with E-state index in [4.69, 9.17) is 0 Å². The van der Waals surface area contributed by atoms with Crippen molar-refractivity contribution in [3.63, 3.8) is 0 Å². The molecule has 0 aromatic carbocycles. The molecule has 0 heterocycles. The van der Waals surface area contributed by atoms with Gasteiger partial charge in [0, 0.05) is 12.1 Å². The van der Waals surface area contributed by atoms with E-state index in [1.807, 2.05) is 0 Å². The molecule has 2 atom stereocenters. The molecule has 1 N–H and O–H groups in total. The third-order valence-corrected chi connectivity index (χ3v) is 3.28. The van der Waals surface area contributed by atoms with Crippen LogP contribution in [0.15, 0.2) is 0 Å². The van der Waals surface area contributed by atoms with Crippen LogP contribution in [0.1, 0.15) is 46.5 Å². The van der Waals surface area contributed by atoms with Crippen molar-refractivity contribution < 1.29 is 13.2 Å². The molecule has 0 aromatic heterocycles. The predicted molar refractivity (Wildman–Crippen MR) is 54.7 cm³/mol. The minimum absolute atomic E-state index is 0.139. The van der Waals surface area contributed by atoms with Crippen molar-refractivity contribution in [2.45, 2.75) is 64.7 Å². The number of nitrogens with one attached hydrogen (secondary N) is 1. The Morgan fingerprint density at radius 2 is 2.00 bits per heavy atom. The molecule has 0 spiro atoms. The molecule has 4 heteroatoms. The van der Waals surface area contributed by atoms with Gasteiger partial charge in [-0.05, 0) is 25.2 Å². The minimum Gasteiger partial charge on any atom is -0.311 e. The summed E-state index contributed by atoms with van der Waals surface area (Å²) in [6, 6.07) is -0.248. The van der Waals surface area contributed by atoms with Gasteiger partial charge in [-0.3, -0.25) is 0 Å². The van der Waals surface area contributed by atoms with E-state index in [0.717, 1.165) is 19.3 Å². The summed E-state index contributed by atoms with van der Waals surface area (Å²) in [6.45, 7) is 5.86. The van der Waals surface area contributed by atoms with Gasteiger partial charge in [-0.25, -0.2) is 0 Å². The summed E-state index contributed by atoms with van der Waals surface area (Å²) in [4.78, 5) is 0. The van der Waals surface area contributed by atoms with Gasteiger partial charge in [0.15, 0.2) is 0 Å². The Labute approximate surface area is 89.4 Å². The lowest BCUT2D eigenvalue weighted by Crippen LogP contribution is -2.44. The SMILES string of the molecule is CC(CC(F)(F)F)NC1CCCC1(C)C. The van der Waals surface area contributed by atoms with Crippen molar-refractivity contribution in [3.05, 3.63) is 0 Å². The molecule has 15 heavy (non-hydrogen) atoms. The second-order valence-corrected chi connectivity index (χ2v) is 5.32. The number of halogens is 3. The zero-order valence-electron chi connectivity index (χ0n) is 9.62. The average molecular weight is 223 g/mol. The Morgan fingerprint density at radius 3 is 2.40 bits per heavy atom. The van der Waals surface area contributed by atoms with Crippen LogP contribution < -0.4 is 5.32 Å². The molecule has 1 saturated carbocycles. The summed E-state index contributed by atoms with van der Waals surface area (Å²) in [5.41, 5.74) is 0.139. The van der Waals surface area contributed by atoms with Crippen LogP contribution in [0.25, 0.3) is 0 Å². The first-order valence-corrected chi connectivity index (χ1v) is 5.53. The molecule has 90 valence electrons. The average Bonchev–Trinajstić information content (AvgIpc) is 2.26. The van der Waals surface area contributed by atoms with E-state index in [2.05, 4.69) is 19.2 Å². The largest absolute Gasteiger partial charge is 0.390 e. The van der Waals surface area contributed by atoms with Gasteiger partial charge in [0.1, 0.15) is 0 Å². The van der Waals surface area contributed by atoms with Gasteiger partial charge in [0.25, 0.3) is 0 Å². The highest BCUT2D eigenvalue weighted by atomic mass is 19.4. The number of rotatable bonds is 3. The standard InChI is InChI=1S/C11H20F3N/c1-8(7-11(12,13)14)15-9-5-4-6-10(9,2)3/h8-9,15H,4-7H2,1-3H3. The Morgan fingerprint density at radius 1 is 1.40 bits per heavy atom. The monoisotopic (exact) mass is 223 g/mol. The van der Waals surface area contributed by atoms with Crippen LogP contribution in [0.3, 0.4) is 0 Å². The van der Waals surface area contributed by atoms with E-state index in [1.54, 1.807) is 6.92 Å². The first kappa shape index (κ1) is 12.8. The highest BCUT2D eigenvalue weighted by Crippen LogP contribution is 2.37. The Hall–Kier alpha value is -0.250. The van der Waals surface area contributed by atoms with Crippen LogP contribution in [-0.2, 0) is 0 Å². The third-order valence-electron chi connectivity index (χ3n) is 3.28. The molecular weight excluding hydrogens is 203 g/mol. The molecule has 0 aromatic rings. The first-order valence-electron chi connectivity index (χ1n) is 5.53. The Kier molecular flexibility index (Phi) is 3.69. The third kappa shape index (κ3) is 4.01. The van der Waals surface area contributed by atoms with Gasteiger partial charge in [-0.1, -0.05) is 20.3 Å². The van der Waals surface area contributed by atoms with Crippen LogP contribution in [-0.4, -0.2) is 18.3 Å². The molecule has 1 aliphatic carbocycles. The molecule has 0 bridgehead atoms. The van der Waals surface area contributed by atoms with Gasteiger partial charge < -0.3 is 5.32 Å². The number of hydrogen-bond acceptors (Lipinski definition) is 1. The second-order valence-electron chi connectivity index (χ2n) is 5.32. The Bertz CT molecular complexity index is 210. The van der Waals surface area contributed by atoms with Gasteiger partial charge in [0.05, 0.1) is 6.42 Å². The topological polar surface area (TPSA) is 12.0 Å². The van der Waals surface area contributed by atoms with Crippen molar-refractivity contribution in [2.75, 3.05) is 0 Å². The first-order chi connectivity index (χ1) is 6.71. The van der Waals surface area contributed by atoms with E-state index in [0.29, 0.717) is 0 Å². The van der Waals surface area contributed by atoms with E-state index in [1.165, 1.54) is 0 Å². The lowest BCUT2D eigenvalue weighted by atomic mass is 9.87. The summed E-state index contributed by atoms with van der Waals surface area (Å²) in [6.07, 6.45) is -1.59. The van der Waals surface area contributed by atoms with E-state index in [9.17, 15) is 13.2 Å². The van der Waals surface area contributed by atoms with Crippen molar-refractivity contribution in [3.8, 4) is 0 Å². The van der Waals surface area contributed by atoms with Crippen molar-refractivity contribution in [1.82, 2.24) is 5.32 Å². The lowest BCUT2D eigenvalue weighted by molar-refractivity contribution is -0.139. The fourth-order valence-corrected chi connectivity index (χ4v) is 2.39. The summed E-state index contributed by atoms with van der Waals surface area (Å²) >= 11 is 0. The summed E-state index contributed by atoms with van der Waals surface area (Å²) in [7, 11) is 0. The van der Waals surface area contributed by atoms with Crippen molar-refractivity contribution >= 4 is 0 Å². The van der Waals surface area contributed by atoms with Gasteiger partial charge in [0.2, 0.25) is 0 Å². The normalized spacial score (nSPS) is 28.0. The molecule has 1 rings (SSSR count). The molecule has 1 aliphatic rings. The van der Waals surface area contributed by atoms with E-state index >= 15 is 0 Å². The molecule has 0 amide bonds. The molecule has 1 nitrogen and oxygen atoms in total. The second kappa shape index (κ2) is 4.32. The van der Waals surface area contributed by atoms with Gasteiger partial charge >= 0.3 is 6.18 Å². The fraction of sp³-hybridized carbons (Fsp3) is 1.00. The van der Waals surface area contributed by atoms with Crippen LogP contribution in [0, 0.1) is 5.41 Å². The van der Waals surface area contributed by atoms with Gasteiger partial charge in [-0.15, -0.1) is 0 Å². The highest BCUT2D eigenvalue weighted by Gasteiger charge is 2.37. The summed E-state index contributed by atoms with van der Waals surface area (Å²) in [5, 5.41) is 3.11.